The third-order valence-corrected chi connectivity index (χ3v) is 3.37. The molecule has 2 rings (SSSR count). The molecule has 18 heavy (non-hydrogen) atoms. The van der Waals surface area contributed by atoms with Crippen molar-refractivity contribution in [1.29, 1.82) is 0 Å². The van der Waals surface area contributed by atoms with E-state index >= 15 is 0 Å². The van der Waals surface area contributed by atoms with E-state index in [1.807, 2.05) is 24.3 Å². The summed E-state index contributed by atoms with van der Waals surface area (Å²) in [7, 11) is 0. The Hall–Kier alpha value is -1.67. The zero-order chi connectivity index (χ0) is 13.0. The van der Waals surface area contributed by atoms with Crippen molar-refractivity contribution < 1.29 is 4.39 Å². The quantitative estimate of drug-likeness (QED) is 0.862. The van der Waals surface area contributed by atoms with Crippen LogP contribution in [0.15, 0.2) is 54.6 Å². The lowest BCUT2D eigenvalue weighted by atomic mass is 9.85. The lowest BCUT2D eigenvalue weighted by Crippen LogP contribution is -2.20. The van der Waals surface area contributed by atoms with Gasteiger partial charge in [-0.15, -0.1) is 0 Å². The molecule has 2 unspecified atom stereocenters. The minimum atomic E-state index is -0.307. The van der Waals surface area contributed by atoms with Crippen LogP contribution in [0.3, 0.4) is 0 Å². The fraction of sp³-hybridized carbons (Fsp3) is 0.250. The topological polar surface area (TPSA) is 26.0 Å². The van der Waals surface area contributed by atoms with Gasteiger partial charge in [-0.25, -0.2) is 4.39 Å². The monoisotopic (exact) mass is 243 g/mol. The molecule has 0 spiro atoms. The summed E-state index contributed by atoms with van der Waals surface area (Å²) in [6, 6.07) is 16.5. The van der Waals surface area contributed by atoms with Gasteiger partial charge in [-0.05, 0) is 18.1 Å². The first-order valence-electron chi connectivity index (χ1n) is 6.29. The molecule has 0 aliphatic carbocycles. The van der Waals surface area contributed by atoms with Gasteiger partial charge in [0, 0.05) is 17.5 Å². The van der Waals surface area contributed by atoms with Gasteiger partial charge < -0.3 is 5.73 Å². The van der Waals surface area contributed by atoms with Gasteiger partial charge in [0.2, 0.25) is 0 Å². The highest BCUT2D eigenvalue weighted by Crippen LogP contribution is 2.32. The lowest BCUT2D eigenvalue weighted by molar-refractivity contribution is 0.506. The molecule has 1 nitrogen and oxygen atoms in total. The number of hydrogen-bond donors (Lipinski definition) is 1. The van der Waals surface area contributed by atoms with Crippen LogP contribution in [0.5, 0.6) is 0 Å². The Bertz CT molecular complexity index is 495. The molecule has 0 aliphatic heterocycles. The predicted octanol–water partition coefficient (Wildman–Crippen LogP) is 4.02. The van der Waals surface area contributed by atoms with Gasteiger partial charge in [0.25, 0.3) is 0 Å². The largest absolute Gasteiger partial charge is 0.323 e. The van der Waals surface area contributed by atoms with Crippen LogP contribution in [0.25, 0.3) is 0 Å². The lowest BCUT2D eigenvalue weighted by Gasteiger charge is -2.23. The maximum Gasteiger partial charge on any atom is 0.127 e. The number of rotatable bonds is 4. The highest BCUT2D eigenvalue weighted by molar-refractivity contribution is 5.28. The molecule has 0 heterocycles. The molecule has 0 saturated carbocycles. The van der Waals surface area contributed by atoms with E-state index in [0.29, 0.717) is 5.56 Å². The Morgan fingerprint density at radius 3 is 2.22 bits per heavy atom. The van der Waals surface area contributed by atoms with Crippen LogP contribution < -0.4 is 5.73 Å². The SMILES string of the molecule is CCC(c1ccccc1)C(N)c1ccccc1F. The molecule has 2 aromatic rings. The number of hydrogen-bond acceptors (Lipinski definition) is 1. The van der Waals surface area contributed by atoms with Gasteiger partial charge in [-0.1, -0.05) is 55.5 Å². The predicted molar refractivity (Wildman–Crippen MR) is 72.8 cm³/mol. The van der Waals surface area contributed by atoms with Crippen molar-refractivity contribution in [1.82, 2.24) is 0 Å². The third kappa shape index (κ3) is 2.59. The van der Waals surface area contributed by atoms with Crippen LogP contribution >= 0.6 is 0 Å². The Kier molecular flexibility index (Phi) is 4.11. The Labute approximate surface area is 107 Å². The average molecular weight is 243 g/mol. The summed E-state index contributed by atoms with van der Waals surface area (Å²) in [6.45, 7) is 2.08. The van der Waals surface area contributed by atoms with Gasteiger partial charge >= 0.3 is 0 Å². The van der Waals surface area contributed by atoms with Crippen molar-refractivity contribution in [3.05, 3.63) is 71.5 Å². The van der Waals surface area contributed by atoms with Crippen molar-refractivity contribution in [3.8, 4) is 0 Å². The van der Waals surface area contributed by atoms with Crippen LogP contribution in [0, 0.1) is 5.82 Å². The van der Waals surface area contributed by atoms with Gasteiger partial charge in [0.15, 0.2) is 0 Å². The molecule has 0 aromatic heterocycles. The summed E-state index contributed by atoms with van der Waals surface area (Å²) in [4.78, 5) is 0. The number of nitrogens with two attached hydrogens (primary N) is 1. The van der Waals surface area contributed by atoms with E-state index < -0.39 is 0 Å². The summed E-state index contributed by atoms with van der Waals surface area (Å²) in [5.41, 5.74) is 8.00. The molecule has 0 fully saturated rings. The van der Waals surface area contributed by atoms with Gasteiger partial charge in [-0.3, -0.25) is 0 Å². The average Bonchev–Trinajstić information content (AvgIpc) is 2.41. The normalized spacial score (nSPS) is 14.2. The van der Waals surface area contributed by atoms with E-state index in [1.54, 1.807) is 12.1 Å². The second kappa shape index (κ2) is 5.78. The highest BCUT2D eigenvalue weighted by Gasteiger charge is 2.21. The van der Waals surface area contributed by atoms with Crippen molar-refractivity contribution in [2.45, 2.75) is 25.3 Å². The second-order valence-corrected chi connectivity index (χ2v) is 4.47. The molecule has 0 aliphatic rings. The van der Waals surface area contributed by atoms with Gasteiger partial charge in [0.1, 0.15) is 5.82 Å². The van der Waals surface area contributed by atoms with E-state index in [-0.39, 0.29) is 17.8 Å². The molecule has 94 valence electrons. The Balaban J connectivity index is 2.32. The summed E-state index contributed by atoms with van der Waals surface area (Å²) < 4.78 is 13.8. The summed E-state index contributed by atoms with van der Waals surface area (Å²) in [5.74, 6) is -0.0810. The van der Waals surface area contributed by atoms with Crippen molar-refractivity contribution in [2.75, 3.05) is 0 Å². The standard InChI is InChI=1S/C16H18FN/c1-2-13(12-8-4-3-5-9-12)16(18)14-10-6-7-11-15(14)17/h3-11,13,16H,2,18H2,1H3. The summed E-state index contributed by atoms with van der Waals surface area (Å²) in [6.07, 6.45) is 0.888. The molecular formula is C16H18FN. The van der Waals surface area contributed by atoms with E-state index in [1.165, 1.54) is 6.07 Å². The van der Waals surface area contributed by atoms with E-state index in [4.69, 9.17) is 5.73 Å². The third-order valence-electron chi connectivity index (χ3n) is 3.37. The molecule has 2 aromatic carbocycles. The van der Waals surface area contributed by atoms with Gasteiger partial charge in [0.05, 0.1) is 0 Å². The molecule has 0 radical (unpaired) electrons. The fourth-order valence-corrected chi connectivity index (χ4v) is 2.36. The van der Waals surface area contributed by atoms with Crippen LogP contribution in [-0.2, 0) is 0 Å². The number of halogens is 1. The van der Waals surface area contributed by atoms with E-state index in [9.17, 15) is 4.39 Å². The maximum absolute atomic E-state index is 13.8. The zero-order valence-electron chi connectivity index (χ0n) is 10.5. The Morgan fingerprint density at radius 2 is 1.61 bits per heavy atom. The molecular weight excluding hydrogens is 225 g/mol. The smallest absolute Gasteiger partial charge is 0.127 e. The van der Waals surface area contributed by atoms with Crippen LogP contribution in [0.1, 0.15) is 36.4 Å². The van der Waals surface area contributed by atoms with Crippen molar-refractivity contribution >= 4 is 0 Å². The first-order valence-corrected chi connectivity index (χ1v) is 6.29. The number of benzene rings is 2. The molecule has 0 bridgehead atoms. The van der Waals surface area contributed by atoms with E-state index in [0.717, 1.165) is 12.0 Å². The first kappa shape index (κ1) is 12.8. The fourth-order valence-electron chi connectivity index (χ4n) is 2.36. The molecule has 2 heteroatoms. The molecule has 0 amide bonds. The van der Waals surface area contributed by atoms with E-state index in [2.05, 4.69) is 19.1 Å². The summed E-state index contributed by atoms with van der Waals surface area (Å²) >= 11 is 0. The molecule has 0 saturated heterocycles. The van der Waals surface area contributed by atoms with Crippen molar-refractivity contribution in [2.24, 2.45) is 5.73 Å². The van der Waals surface area contributed by atoms with Crippen molar-refractivity contribution in [3.63, 3.8) is 0 Å². The highest BCUT2D eigenvalue weighted by atomic mass is 19.1. The van der Waals surface area contributed by atoms with Gasteiger partial charge in [-0.2, -0.15) is 0 Å². The van der Waals surface area contributed by atoms with Crippen LogP contribution in [0.4, 0.5) is 4.39 Å². The zero-order valence-corrected chi connectivity index (χ0v) is 10.5. The first-order chi connectivity index (χ1) is 8.74. The minimum Gasteiger partial charge on any atom is -0.323 e. The molecule has 2 atom stereocenters. The Morgan fingerprint density at radius 1 is 1.00 bits per heavy atom. The molecule has 2 N–H and O–H groups in total. The van der Waals surface area contributed by atoms with Crippen LogP contribution in [-0.4, -0.2) is 0 Å². The minimum absolute atomic E-state index is 0.142. The maximum atomic E-state index is 13.8. The van der Waals surface area contributed by atoms with Crippen LogP contribution in [0.2, 0.25) is 0 Å². The second-order valence-electron chi connectivity index (χ2n) is 4.47. The summed E-state index contributed by atoms with van der Waals surface area (Å²) in [5, 5.41) is 0.